The number of nitrogens with one attached hydrogen (secondary N) is 1. The number of hydrogen-bond donors (Lipinski definition) is 1. The van der Waals surface area contributed by atoms with Gasteiger partial charge in [0.2, 0.25) is 5.96 Å². The van der Waals surface area contributed by atoms with E-state index in [1.54, 1.807) is 0 Å². The number of nitrogens with zero attached hydrogens (tertiary/aromatic N) is 4. The lowest BCUT2D eigenvalue weighted by molar-refractivity contribution is 0.668. The Kier molecular flexibility index (Phi) is 8.49. The molecule has 9 aromatic carbocycles. The largest absolute Gasteiger partial charge is 0.344 e. The van der Waals surface area contributed by atoms with Crippen molar-refractivity contribution in [1.82, 2.24) is 14.5 Å². The Bertz CT molecular complexity index is 3520. The Balaban J connectivity index is 1.09. The van der Waals surface area contributed by atoms with Crippen molar-refractivity contribution < 1.29 is 0 Å². The molecule has 0 fully saturated rings. The second-order valence-electron chi connectivity index (χ2n) is 15.8. The molecule has 0 saturated carbocycles. The number of amidine groups is 1. The van der Waals surface area contributed by atoms with E-state index in [-0.39, 0.29) is 0 Å². The predicted molar refractivity (Wildman–Crippen MR) is 258 cm³/mol. The molecule has 0 radical (unpaired) electrons. The third-order valence-electron chi connectivity index (χ3n) is 12.2. The van der Waals surface area contributed by atoms with Gasteiger partial charge in [0.05, 0.1) is 27.8 Å². The monoisotopic (exact) mass is 793 g/mol. The zero-order chi connectivity index (χ0) is 41.0. The predicted octanol–water partition coefficient (Wildman–Crippen LogP) is 13.8. The first-order valence-electron chi connectivity index (χ1n) is 21.1. The minimum Gasteiger partial charge on any atom is -0.344 e. The van der Waals surface area contributed by atoms with Gasteiger partial charge in [-0.3, -0.25) is 4.57 Å². The maximum absolute atomic E-state index is 5.53. The van der Waals surface area contributed by atoms with Crippen LogP contribution in [0.3, 0.4) is 0 Å². The summed E-state index contributed by atoms with van der Waals surface area (Å²) in [7, 11) is 0. The number of aliphatic imine (C=N–C) groups is 2. The topological polar surface area (TPSA) is 46.6 Å². The molecule has 0 amide bonds. The first-order chi connectivity index (χ1) is 30.8. The summed E-state index contributed by atoms with van der Waals surface area (Å²) in [4.78, 5) is 10.9. The molecule has 1 aliphatic rings. The molecule has 12 rings (SSSR count). The van der Waals surface area contributed by atoms with Crippen molar-refractivity contribution in [2.75, 3.05) is 0 Å². The molecule has 5 nitrogen and oxygen atoms in total. The quantitative estimate of drug-likeness (QED) is 0.179. The highest BCUT2D eigenvalue weighted by Crippen LogP contribution is 2.42. The Morgan fingerprint density at radius 2 is 0.871 bits per heavy atom. The summed E-state index contributed by atoms with van der Waals surface area (Å²) in [6, 6.07) is 79.9. The molecular weight excluding hydrogens is 755 g/mol. The van der Waals surface area contributed by atoms with E-state index in [0.717, 1.165) is 66.6 Å². The van der Waals surface area contributed by atoms with Gasteiger partial charge in [-0.15, -0.1) is 0 Å². The van der Waals surface area contributed by atoms with Crippen LogP contribution in [0.5, 0.6) is 0 Å². The maximum atomic E-state index is 5.53. The molecule has 1 unspecified atom stereocenters. The third kappa shape index (κ3) is 5.94. The zero-order valence-electron chi connectivity index (χ0n) is 33.7. The van der Waals surface area contributed by atoms with Crippen LogP contribution in [-0.2, 0) is 0 Å². The van der Waals surface area contributed by atoms with Gasteiger partial charge >= 0.3 is 0 Å². The van der Waals surface area contributed by atoms with Crippen LogP contribution in [0.4, 0.5) is 0 Å². The zero-order valence-corrected chi connectivity index (χ0v) is 33.7. The number of fused-ring (bicyclic) bond motifs is 7. The molecule has 62 heavy (non-hydrogen) atoms. The van der Waals surface area contributed by atoms with Crippen LogP contribution in [0.25, 0.3) is 82.7 Å². The molecule has 0 bridgehead atoms. The lowest BCUT2D eigenvalue weighted by atomic mass is 9.98. The van der Waals surface area contributed by atoms with E-state index in [1.165, 1.54) is 33.0 Å². The normalized spacial score (nSPS) is 14.0. The second kappa shape index (κ2) is 14.8. The summed E-state index contributed by atoms with van der Waals surface area (Å²) in [5.41, 5.74) is 14.6. The molecule has 11 aromatic rings. The van der Waals surface area contributed by atoms with Crippen molar-refractivity contribution in [2.24, 2.45) is 9.98 Å². The lowest BCUT2D eigenvalue weighted by Crippen LogP contribution is -2.35. The van der Waals surface area contributed by atoms with Crippen LogP contribution in [0, 0.1) is 0 Å². The average Bonchev–Trinajstić information content (AvgIpc) is 3.88. The van der Waals surface area contributed by atoms with E-state index >= 15 is 0 Å². The molecule has 5 heteroatoms. The number of aromatic nitrogens is 2. The Morgan fingerprint density at radius 3 is 1.53 bits per heavy atom. The standard InChI is InChI=1S/C57H39N5/c1-4-17-38(18-5-1)43-23-16-24-44(37-43)39-31-33-42(34-32-39)56-58-55(41-21-8-3-9-22-41)59-57(60-56)62-52-30-15-12-27-47(52)49-36-35-48-46-26-11-14-29-51(46)61(53(48)54(49)62)50-28-13-10-25-45(50)40-19-6-2-7-20-40/h1-37,56H,(H,58,59,60). The molecule has 2 aromatic heterocycles. The van der Waals surface area contributed by atoms with Gasteiger partial charge in [0.1, 0.15) is 12.0 Å². The van der Waals surface area contributed by atoms with Gasteiger partial charge in [0, 0.05) is 32.7 Å². The van der Waals surface area contributed by atoms with Crippen molar-refractivity contribution in [1.29, 1.82) is 0 Å². The summed E-state index contributed by atoms with van der Waals surface area (Å²) in [6.07, 6.45) is -0.400. The van der Waals surface area contributed by atoms with Gasteiger partial charge in [-0.1, -0.05) is 200 Å². The third-order valence-corrected chi connectivity index (χ3v) is 12.2. The fourth-order valence-corrected chi connectivity index (χ4v) is 9.30. The molecule has 0 aliphatic carbocycles. The van der Waals surface area contributed by atoms with Crippen molar-refractivity contribution in [3.05, 3.63) is 236 Å². The Morgan fingerprint density at radius 1 is 0.371 bits per heavy atom. The fraction of sp³-hybridized carbons (Fsp3) is 0.0175. The minimum absolute atomic E-state index is 0.400. The molecule has 292 valence electrons. The molecule has 1 atom stereocenters. The smallest absolute Gasteiger partial charge is 0.234 e. The van der Waals surface area contributed by atoms with Crippen molar-refractivity contribution in [3.63, 3.8) is 0 Å². The first-order valence-corrected chi connectivity index (χ1v) is 21.1. The Hall–Kier alpha value is -8.28. The van der Waals surface area contributed by atoms with Gasteiger partial charge in [-0.25, -0.2) is 4.99 Å². The van der Waals surface area contributed by atoms with Crippen LogP contribution in [0.15, 0.2) is 234 Å². The van der Waals surface area contributed by atoms with Crippen molar-refractivity contribution in [2.45, 2.75) is 6.17 Å². The highest BCUT2D eigenvalue weighted by atomic mass is 15.3. The summed E-state index contributed by atoms with van der Waals surface area (Å²) in [6.45, 7) is 0. The highest BCUT2D eigenvalue weighted by molar-refractivity contribution is 6.26. The fourth-order valence-electron chi connectivity index (χ4n) is 9.30. The molecule has 1 N–H and O–H groups in total. The van der Waals surface area contributed by atoms with Crippen LogP contribution in [0.2, 0.25) is 0 Å². The van der Waals surface area contributed by atoms with E-state index in [1.807, 2.05) is 6.07 Å². The molecule has 0 saturated heterocycles. The van der Waals surface area contributed by atoms with Crippen LogP contribution < -0.4 is 5.32 Å². The van der Waals surface area contributed by atoms with Crippen molar-refractivity contribution >= 4 is 55.4 Å². The van der Waals surface area contributed by atoms with Gasteiger partial charge < -0.3 is 9.88 Å². The number of para-hydroxylation sites is 3. The highest BCUT2D eigenvalue weighted by Gasteiger charge is 2.27. The van der Waals surface area contributed by atoms with Gasteiger partial charge in [0.15, 0.2) is 0 Å². The molecule has 0 spiro atoms. The summed E-state index contributed by atoms with van der Waals surface area (Å²) < 4.78 is 4.75. The second-order valence-corrected chi connectivity index (χ2v) is 15.8. The number of hydrogen-bond acceptors (Lipinski definition) is 3. The average molecular weight is 794 g/mol. The first kappa shape index (κ1) is 35.6. The van der Waals surface area contributed by atoms with E-state index in [4.69, 9.17) is 9.98 Å². The lowest BCUT2D eigenvalue weighted by Gasteiger charge is -2.24. The van der Waals surface area contributed by atoms with Gasteiger partial charge in [0.25, 0.3) is 0 Å². The molecule has 1 aliphatic heterocycles. The maximum Gasteiger partial charge on any atom is 0.234 e. The van der Waals surface area contributed by atoms with Gasteiger partial charge in [-0.05, 0) is 57.6 Å². The van der Waals surface area contributed by atoms with E-state index < -0.39 is 6.17 Å². The van der Waals surface area contributed by atoms with Crippen LogP contribution in [-0.4, -0.2) is 20.9 Å². The van der Waals surface area contributed by atoms with E-state index in [0.29, 0.717) is 5.96 Å². The van der Waals surface area contributed by atoms with Gasteiger partial charge in [-0.2, -0.15) is 4.99 Å². The summed E-state index contributed by atoms with van der Waals surface area (Å²) >= 11 is 0. The molecular formula is C57H39N5. The van der Waals surface area contributed by atoms with Crippen LogP contribution >= 0.6 is 0 Å². The summed E-state index contributed by atoms with van der Waals surface area (Å²) in [5.74, 6) is 1.40. The van der Waals surface area contributed by atoms with Crippen molar-refractivity contribution in [3.8, 4) is 39.1 Å². The van der Waals surface area contributed by atoms with Crippen LogP contribution in [0.1, 0.15) is 17.3 Å². The Labute approximate surface area is 359 Å². The number of rotatable bonds is 6. The number of benzene rings is 9. The van der Waals surface area contributed by atoms with E-state index in [9.17, 15) is 0 Å². The summed E-state index contributed by atoms with van der Waals surface area (Å²) in [5, 5.41) is 8.38. The minimum atomic E-state index is -0.400. The molecule has 3 heterocycles. The van der Waals surface area contributed by atoms with E-state index in [2.05, 4.69) is 233 Å². The SMILES string of the molecule is c1ccc(C2=NC(n3c4ccccc4c4ccc5c6ccccc6n(-c6ccccc6-c6ccccc6)c5c43)=NC(c3ccc(-c4cccc(-c5ccccc5)c4)cc3)N2)cc1.